The van der Waals surface area contributed by atoms with Crippen molar-refractivity contribution in [2.24, 2.45) is 0 Å². The van der Waals surface area contributed by atoms with Crippen LogP contribution in [0, 0.1) is 5.39 Å². The number of sulfone groups is 1. The standard InChI is InChI=1S/C13H13N3O4S/c14-15-13(11(17)9-16-8-4-7-12(16)18)21(19,20)10-5-2-1-3-6-10/h1-3,5-6H,4,7-9H2/p+1/b13-11-. The van der Waals surface area contributed by atoms with Crippen molar-refractivity contribution in [2.45, 2.75) is 17.7 Å². The largest absolute Gasteiger partial charge is 0.517 e. The second-order valence-corrected chi connectivity index (χ2v) is 6.45. The van der Waals surface area contributed by atoms with Crippen LogP contribution in [-0.4, -0.2) is 37.4 Å². The number of nitrogens with zero attached hydrogens (tertiary/aromatic N) is 3. The van der Waals surface area contributed by atoms with E-state index in [0.717, 1.165) is 0 Å². The van der Waals surface area contributed by atoms with E-state index in [9.17, 15) is 18.3 Å². The molecule has 1 aliphatic heterocycles. The molecule has 0 unspecified atom stereocenters. The van der Waals surface area contributed by atoms with Crippen LogP contribution in [0.2, 0.25) is 0 Å². The summed E-state index contributed by atoms with van der Waals surface area (Å²) in [5.74, 6) is -0.826. The SMILES string of the molecule is N#[N+]/C(=C(/O)CN1CCCC1=O)S(=O)(=O)c1ccccc1. The smallest absolute Gasteiger partial charge is 0.503 e. The Kier molecular flexibility index (Phi) is 4.23. The van der Waals surface area contributed by atoms with Crippen molar-refractivity contribution in [2.75, 3.05) is 13.1 Å². The summed E-state index contributed by atoms with van der Waals surface area (Å²) in [5, 5.41) is 18.1. The molecule has 1 amide bonds. The summed E-state index contributed by atoms with van der Waals surface area (Å²) in [6, 6.07) is 7.33. The lowest BCUT2D eigenvalue weighted by Gasteiger charge is -2.13. The zero-order chi connectivity index (χ0) is 15.5. The monoisotopic (exact) mass is 308 g/mol. The van der Waals surface area contributed by atoms with Gasteiger partial charge >= 0.3 is 5.03 Å². The molecule has 1 aromatic rings. The minimum Gasteiger partial charge on any atom is -0.503 e. The van der Waals surface area contributed by atoms with Gasteiger partial charge in [-0.1, -0.05) is 18.2 Å². The number of carbonyl (C=O) groups excluding carboxylic acids is 1. The number of aliphatic hydroxyl groups is 1. The van der Waals surface area contributed by atoms with Crippen LogP contribution in [0.5, 0.6) is 0 Å². The summed E-state index contributed by atoms with van der Waals surface area (Å²) in [4.78, 5) is 15.4. The lowest BCUT2D eigenvalue weighted by molar-refractivity contribution is -0.127. The molecular formula is C13H14N3O4S+. The normalized spacial score (nSPS) is 16.5. The van der Waals surface area contributed by atoms with Gasteiger partial charge in [-0.05, 0) is 18.6 Å². The Morgan fingerprint density at radius 1 is 1.33 bits per heavy atom. The molecule has 0 saturated carbocycles. The van der Waals surface area contributed by atoms with E-state index in [1.807, 2.05) is 0 Å². The van der Waals surface area contributed by atoms with E-state index in [-0.39, 0.29) is 17.3 Å². The van der Waals surface area contributed by atoms with Gasteiger partial charge in [-0.2, -0.15) is 0 Å². The number of benzene rings is 1. The fourth-order valence-corrected chi connectivity index (χ4v) is 3.32. The molecule has 0 aliphatic carbocycles. The van der Waals surface area contributed by atoms with E-state index in [1.165, 1.54) is 29.2 Å². The van der Waals surface area contributed by atoms with Crippen LogP contribution in [0.25, 0.3) is 4.98 Å². The fourth-order valence-electron chi connectivity index (χ4n) is 2.10. The maximum Gasteiger partial charge on any atom is 0.517 e. The first-order valence-electron chi connectivity index (χ1n) is 6.32. The van der Waals surface area contributed by atoms with Crippen molar-refractivity contribution in [1.82, 2.24) is 4.90 Å². The first-order chi connectivity index (χ1) is 9.96. The lowest BCUT2D eigenvalue weighted by atomic mass is 10.4. The number of carbonyl (C=O) groups is 1. The van der Waals surface area contributed by atoms with Crippen molar-refractivity contribution in [1.29, 1.82) is 5.39 Å². The van der Waals surface area contributed by atoms with E-state index >= 15 is 0 Å². The molecule has 1 aliphatic rings. The molecule has 0 bridgehead atoms. The molecule has 1 N–H and O–H groups in total. The molecule has 2 rings (SSSR count). The fraction of sp³-hybridized carbons (Fsp3) is 0.308. The number of diazo groups is 1. The Hall–Kier alpha value is -2.40. The maximum absolute atomic E-state index is 12.3. The Morgan fingerprint density at radius 2 is 2.00 bits per heavy atom. The highest BCUT2D eigenvalue weighted by Crippen LogP contribution is 2.23. The van der Waals surface area contributed by atoms with Gasteiger partial charge in [0.05, 0.1) is 11.4 Å². The summed E-state index contributed by atoms with van der Waals surface area (Å²) in [5.41, 5.74) is 0. The Morgan fingerprint density at radius 3 is 2.52 bits per heavy atom. The molecule has 7 nitrogen and oxygen atoms in total. The predicted octanol–water partition coefficient (Wildman–Crippen LogP) is 1.66. The number of rotatable bonds is 4. The van der Waals surface area contributed by atoms with Crippen LogP contribution >= 0.6 is 0 Å². The number of hydrogen-bond donors (Lipinski definition) is 1. The zero-order valence-corrected chi connectivity index (χ0v) is 12.0. The molecular weight excluding hydrogens is 294 g/mol. The third-order valence-electron chi connectivity index (χ3n) is 3.16. The highest BCUT2D eigenvalue weighted by molar-refractivity contribution is 7.95. The minimum absolute atomic E-state index is 0.0999. The van der Waals surface area contributed by atoms with Gasteiger partial charge in [0, 0.05) is 13.0 Å². The van der Waals surface area contributed by atoms with Gasteiger partial charge in [0.1, 0.15) is 0 Å². The second-order valence-electron chi connectivity index (χ2n) is 4.59. The quantitative estimate of drug-likeness (QED) is 0.673. The van der Waals surface area contributed by atoms with E-state index in [2.05, 4.69) is 4.98 Å². The summed E-state index contributed by atoms with van der Waals surface area (Å²) >= 11 is 0. The molecule has 21 heavy (non-hydrogen) atoms. The second kappa shape index (κ2) is 5.93. The molecule has 0 atom stereocenters. The highest BCUT2D eigenvalue weighted by atomic mass is 32.2. The highest BCUT2D eigenvalue weighted by Gasteiger charge is 2.38. The van der Waals surface area contributed by atoms with Crippen molar-refractivity contribution in [3.8, 4) is 0 Å². The lowest BCUT2D eigenvalue weighted by Crippen LogP contribution is -2.27. The maximum atomic E-state index is 12.3. The molecule has 0 spiro atoms. The van der Waals surface area contributed by atoms with Crippen molar-refractivity contribution >= 4 is 15.7 Å². The number of hydrogen-bond acceptors (Lipinski definition) is 5. The van der Waals surface area contributed by atoms with Gasteiger partial charge in [0.25, 0.3) is 9.84 Å². The third kappa shape index (κ3) is 3.03. The van der Waals surface area contributed by atoms with E-state index in [4.69, 9.17) is 5.39 Å². The minimum atomic E-state index is -4.13. The molecule has 8 heteroatoms. The molecule has 1 heterocycles. The van der Waals surface area contributed by atoms with Crippen LogP contribution in [-0.2, 0) is 14.6 Å². The third-order valence-corrected chi connectivity index (χ3v) is 4.88. The summed E-state index contributed by atoms with van der Waals surface area (Å²) in [6.45, 7) is 0.150. The van der Waals surface area contributed by atoms with Crippen molar-refractivity contribution < 1.29 is 18.3 Å². The molecule has 110 valence electrons. The number of likely N-dealkylation sites (tertiary alicyclic amines) is 1. The van der Waals surface area contributed by atoms with E-state index < -0.39 is 20.6 Å². The van der Waals surface area contributed by atoms with Gasteiger partial charge < -0.3 is 10.0 Å². The van der Waals surface area contributed by atoms with E-state index in [1.54, 1.807) is 6.07 Å². The average Bonchev–Trinajstić information content (AvgIpc) is 2.85. The zero-order valence-electron chi connectivity index (χ0n) is 11.1. The van der Waals surface area contributed by atoms with Crippen LogP contribution in [0.1, 0.15) is 12.8 Å². The van der Waals surface area contributed by atoms with Gasteiger partial charge in [0.15, 0.2) is 4.98 Å². The predicted molar refractivity (Wildman–Crippen MR) is 74.2 cm³/mol. The van der Waals surface area contributed by atoms with Gasteiger partial charge in [-0.3, -0.25) is 4.79 Å². The van der Waals surface area contributed by atoms with Crippen LogP contribution < -0.4 is 0 Å². The topological polar surface area (TPSA) is 103 Å². The van der Waals surface area contributed by atoms with Gasteiger partial charge in [-0.25, -0.2) is 8.42 Å². The summed E-state index contributed by atoms with van der Waals surface area (Å²) in [7, 11) is -4.13. The molecule has 0 aromatic heterocycles. The molecule has 1 aromatic carbocycles. The Balaban J connectivity index is 2.36. The first-order valence-corrected chi connectivity index (χ1v) is 7.80. The van der Waals surface area contributed by atoms with Crippen LogP contribution in [0.15, 0.2) is 46.0 Å². The first kappa shape index (κ1) is 15.0. The molecule has 1 saturated heterocycles. The van der Waals surface area contributed by atoms with Crippen LogP contribution in [0.3, 0.4) is 0 Å². The Labute approximate surface area is 122 Å². The number of amides is 1. The van der Waals surface area contributed by atoms with Gasteiger partial charge in [-0.15, -0.1) is 0 Å². The summed E-state index contributed by atoms with van der Waals surface area (Å²) < 4.78 is 24.6. The Bertz CT molecular complexity index is 720. The van der Waals surface area contributed by atoms with E-state index in [0.29, 0.717) is 19.4 Å². The van der Waals surface area contributed by atoms with Crippen molar-refractivity contribution in [3.05, 3.63) is 46.1 Å². The number of aliphatic hydroxyl groups excluding tert-OH is 1. The van der Waals surface area contributed by atoms with Gasteiger partial charge in [0.2, 0.25) is 17.1 Å². The van der Waals surface area contributed by atoms with Crippen LogP contribution in [0.4, 0.5) is 0 Å². The molecule has 0 radical (unpaired) electrons. The molecule has 1 fully saturated rings. The summed E-state index contributed by atoms with van der Waals surface area (Å²) in [6.07, 6.45) is 1.02. The average molecular weight is 308 g/mol. The van der Waals surface area contributed by atoms with Crippen molar-refractivity contribution in [3.63, 3.8) is 0 Å².